The topological polar surface area (TPSA) is 49.3 Å². The van der Waals surface area contributed by atoms with Crippen molar-refractivity contribution < 1.29 is 9.90 Å². The number of benzene rings is 1. The van der Waals surface area contributed by atoms with Gasteiger partial charge in [0.25, 0.3) is 0 Å². The summed E-state index contributed by atoms with van der Waals surface area (Å²) in [5.74, 6) is 0.853. The Hall–Kier alpha value is -1.00. The first-order chi connectivity index (χ1) is 9.72. The maximum absolute atomic E-state index is 11.8. The van der Waals surface area contributed by atoms with Gasteiger partial charge in [0.05, 0.1) is 11.9 Å². The summed E-state index contributed by atoms with van der Waals surface area (Å²) >= 11 is 1.58. The van der Waals surface area contributed by atoms with Gasteiger partial charge in [0, 0.05) is 11.4 Å². The van der Waals surface area contributed by atoms with Crippen molar-refractivity contribution in [3.63, 3.8) is 0 Å². The molecule has 2 N–H and O–H groups in total. The molecule has 3 rings (SSSR count). The van der Waals surface area contributed by atoms with Crippen molar-refractivity contribution in [2.75, 3.05) is 12.3 Å². The largest absolute Gasteiger partial charge is 0.391 e. The maximum Gasteiger partial charge on any atom is 0.230 e. The van der Waals surface area contributed by atoms with Crippen molar-refractivity contribution in [1.82, 2.24) is 5.32 Å². The van der Waals surface area contributed by atoms with Crippen LogP contribution < -0.4 is 5.32 Å². The van der Waals surface area contributed by atoms with Gasteiger partial charge in [0.2, 0.25) is 5.91 Å². The number of rotatable bonds is 6. The van der Waals surface area contributed by atoms with Gasteiger partial charge >= 0.3 is 0 Å². The Balaban J connectivity index is 1.43. The average Bonchev–Trinajstić information content (AvgIpc) is 3.20. The number of aliphatic hydroxyl groups is 1. The van der Waals surface area contributed by atoms with Crippen LogP contribution in [-0.4, -0.2) is 29.4 Å². The van der Waals surface area contributed by atoms with E-state index in [1.54, 1.807) is 11.8 Å². The first-order valence-corrected chi connectivity index (χ1v) is 8.40. The van der Waals surface area contributed by atoms with E-state index in [2.05, 4.69) is 23.5 Å². The van der Waals surface area contributed by atoms with E-state index in [9.17, 15) is 9.90 Å². The first-order valence-electron chi connectivity index (χ1n) is 7.42. The monoisotopic (exact) mass is 291 g/mol. The Morgan fingerprint density at radius 1 is 1.35 bits per heavy atom. The van der Waals surface area contributed by atoms with Crippen LogP contribution in [0, 0.1) is 5.92 Å². The average molecular weight is 291 g/mol. The van der Waals surface area contributed by atoms with Crippen LogP contribution >= 0.6 is 11.8 Å². The van der Waals surface area contributed by atoms with Crippen LogP contribution in [0.25, 0.3) is 0 Å². The summed E-state index contributed by atoms with van der Waals surface area (Å²) in [6.07, 6.45) is 5.46. The number of fused-ring (bicyclic) bond motifs is 1. The Morgan fingerprint density at radius 2 is 2.15 bits per heavy atom. The molecule has 20 heavy (non-hydrogen) atoms. The summed E-state index contributed by atoms with van der Waals surface area (Å²) in [4.78, 5) is 12.9. The second-order valence-electron chi connectivity index (χ2n) is 5.78. The summed E-state index contributed by atoms with van der Waals surface area (Å²) in [6, 6.07) is 6.53. The molecule has 0 bridgehead atoms. The number of amides is 1. The van der Waals surface area contributed by atoms with Gasteiger partial charge in [-0.3, -0.25) is 4.79 Å². The smallest absolute Gasteiger partial charge is 0.230 e. The fourth-order valence-electron chi connectivity index (χ4n) is 2.70. The molecule has 0 radical (unpaired) electrons. The van der Waals surface area contributed by atoms with Crippen LogP contribution in [-0.2, 0) is 17.6 Å². The van der Waals surface area contributed by atoms with Gasteiger partial charge in [0.1, 0.15) is 0 Å². The van der Waals surface area contributed by atoms with Crippen LogP contribution in [0.3, 0.4) is 0 Å². The van der Waals surface area contributed by atoms with Crippen LogP contribution in [0.5, 0.6) is 0 Å². The molecule has 0 aromatic heterocycles. The second kappa shape index (κ2) is 6.19. The molecule has 1 amide bonds. The van der Waals surface area contributed by atoms with E-state index in [0.717, 1.165) is 12.8 Å². The number of hydrogen-bond donors (Lipinski definition) is 2. The molecule has 1 aromatic rings. The van der Waals surface area contributed by atoms with Gasteiger partial charge in [-0.25, -0.2) is 0 Å². The summed E-state index contributed by atoms with van der Waals surface area (Å²) in [7, 11) is 0. The number of carbonyl (C=O) groups is 1. The van der Waals surface area contributed by atoms with E-state index in [1.165, 1.54) is 35.3 Å². The molecule has 0 aliphatic heterocycles. The minimum Gasteiger partial charge on any atom is -0.391 e. The van der Waals surface area contributed by atoms with E-state index < -0.39 is 0 Å². The van der Waals surface area contributed by atoms with Crippen LogP contribution in [0.2, 0.25) is 0 Å². The lowest BCUT2D eigenvalue weighted by Gasteiger charge is -2.10. The summed E-state index contributed by atoms with van der Waals surface area (Å²) in [6.45, 7) is 0.397. The minimum absolute atomic E-state index is 0.00944. The highest BCUT2D eigenvalue weighted by atomic mass is 32.2. The quantitative estimate of drug-likeness (QED) is 0.790. The summed E-state index contributed by atoms with van der Waals surface area (Å²) in [5, 5.41) is 12.5. The molecule has 0 heterocycles. The Kier molecular flexibility index (Phi) is 4.32. The number of hydrogen-bond acceptors (Lipinski definition) is 3. The third kappa shape index (κ3) is 3.55. The van der Waals surface area contributed by atoms with E-state index in [1.807, 2.05) is 0 Å². The molecule has 108 valence electrons. The van der Waals surface area contributed by atoms with Gasteiger partial charge in [-0.1, -0.05) is 6.07 Å². The Labute approximate surface area is 124 Å². The molecule has 3 nitrogen and oxygen atoms in total. The lowest BCUT2D eigenvalue weighted by molar-refractivity contribution is -0.119. The van der Waals surface area contributed by atoms with Crippen molar-refractivity contribution in [1.29, 1.82) is 0 Å². The van der Waals surface area contributed by atoms with Gasteiger partial charge in [0.15, 0.2) is 0 Å². The molecule has 1 unspecified atom stereocenters. The zero-order valence-electron chi connectivity index (χ0n) is 11.6. The van der Waals surface area contributed by atoms with Gasteiger partial charge in [-0.15, -0.1) is 11.8 Å². The Morgan fingerprint density at radius 3 is 2.95 bits per heavy atom. The Bertz CT molecular complexity index is 499. The number of nitrogens with one attached hydrogen (secondary N) is 1. The lowest BCUT2D eigenvalue weighted by Crippen LogP contribution is -2.34. The third-order valence-corrected chi connectivity index (χ3v) is 5.11. The molecule has 0 saturated heterocycles. The van der Waals surface area contributed by atoms with E-state index >= 15 is 0 Å². The zero-order chi connectivity index (χ0) is 13.9. The lowest BCUT2D eigenvalue weighted by atomic mass is 10.1. The highest BCUT2D eigenvalue weighted by Gasteiger charge is 2.29. The molecule has 4 heteroatoms. The van der Waals surface area contributed by atoms with Gasteiger partial charge in [-0.2, -0.15) is 0 Å². The SMILES string of the molecule is O=C(CSc1ccc2c(c1)CCC2)NCC(O)C1CC1. The molecule has 2 aliphatic carbocycles. The standard InChI is InChI=1S/C16H21NO2S/c18-15(12-4-5-12)9-17-16(19)10-20-14-7-6-11-2-1-3-13(11)8-14/h6-8,12,15,18H,1-5,9-10H2,(H,17,19). The third-order valence-electron chi connectivity index (χ3n) is 4.11. The van der Waals surface area contributed by atoms with Gasteiger partial charge < -0.3 is 10.4 Å². The predicted octanol–water partition coefficient (Wildman–Crippen LogP) is 2.15. The number of thioether (sulfide) groups is 1. The van der Waals surface area contributed by atoms with Gasteiger partial charge in [-0.05, 0) is 61.3 Å². The molecule has 2 aliphatic rings. The molecule has 0 spiro atoms. The molecule has 1 saturated carbocycles. The molecular weight excluding hydrogens is 270 g/mol. The number of carbonyl (C=O) groups excluding carboxylic acids is 1. The van der Waals surface area contributed by atoms with E-state index in [0.29, 0.717) is 18.2 Å². The second-order valence-corrected chi connectivity index (χ2v) is 6.83. The molecule has 1 atom stereocenters. The predicted molar refractivity (Wildman–Crippen MR) is 80.9 cm³/mol. The maximum atomic E-state index is 11.8. The fraction of sp³-hybridized carbons (Fsp3) is 0.562. The number of aryl methyl sites for hydroxylation is 2. The van der Waals surface area contributed by atoms with Crippen molar-refractivity contribution in [2.45, 2.75) is 43.1 Å². The first kappa shape index (κ1) is 14.0. The van der Waals surface area contributed by atoms with Crippen molar-refractivity contribution in [2.24, 2.45) is 5.92 Å². The zero-order valence-corrected chi connectivity index (χ0v) is 12.4. The minimum atomic E-state index is -0.357. The highest BCUT2D eigenvalue weighted by molar-refractivity contribution is 8.00. The van der Waals surface area contributed by atoms with Crippen molar-refractivity contribution in [3.8, 4) is 0 Å². The van der Waals surface area contributed by atoms with E-state index in [-0.39, 0.29) is 12.0 Å². The van der Waals surface area contributed by atoms with Crippen molar-refractivity contribution in [3.05, 3.63) is 29.3 Å². The highest BCUT2D eigenvalue weighted by Crippen LogP contribution is 2.32. The molecular formula is C16H21NO2S. The van der Waals surface area contributed by atoms with E-state index in [4.69, 9.17) is 0 Å². The fourth-order valence-corrected chi connectivity index (χ4v) is 3.49. The van der Waals surface area contributed by atoms with Crippen LogP contribution in [0.1, 0.15) is 30.4 Å². The van der Waals surface area contributed by atoms with Crippen molar-refractivity contribution >= 4 is 17.7 Å². The van der Waals surface area contributed by atoms with Crippen LogP contribution in [0.4, 0.5) is 0 Å². The normalized spacial score (nSPS) is 18.6. The summed E-state index contributed by atoms with van der Waals surface area (Å²) in [5.41, 5.74) is 2.91. The summed E-state index contributed by atoms with van der Waals surface area (Å²) < 4.78 is 0. The van der Waals surface area contributed by atoms with Crippen LogP contribution in [0.15, 0.2) is 23.1 Å². The molecule has 1 fully saturated rings. The molecule has 1 aromatic carbocycles. The number of aliphatic hydroxyl groups excluding tert-OH is 1.